The van der Waals surface area contributed by atoms with Gasteiger partial charge in [-0.3, -0.25) is 0 Å². The number of aromatic nitrogens is 1. The van der Waals surface area contributed by atoms with E-state index in [4.69, 9.17) is 4.74 Å². The number of aromatic hydroxyl groups is 1. The van der Waals surface area contributed by atoms with Crippen LogP contribution in [0.15, 0.2) is 36.5 Å². The molecule has 0 aliphatic rings. The predicted molar refractivity (Wildman–Crippen MR) is 57.8 cm³/mol. The van der Waals surface area contributed by atoms with E-state index in [0.717, 1.165) is 11.6 Å². The first-order chi connectivity index (χ1) is 7.69. The molecule has 0 atom stereocenters. The molecule has 0 radical (unpaired) electrons. The molecule has 16 heavy (non-hydrogen) atoms. The third-order valence-electron chi connectivity index (χ3n) is 2.16. The minimum Gasteiger partial charge on any atom is -0.508 e. The Morgan fingerprint density at radius 1 is 1.19 bits per heavy atom. The van der Waals surface area contributed by atoms with Crippen molar-refractivity contribution in [1.29, 1.82) is 0 Å². The maximum atomic E-state index is 13.1. The number of ether oxygens (including phenoxy) is 1. The van der Waals surface area contributed by atoms with Crippen LogP contribution in [0.4, 0.5) is 4.39 Å². The largest absolute Gasteiger partial charge is 0.508 e. The van der Waals surface area contributed by atoms with Crippen molar-refractivity contribution in [3.8, 4) is 22.8 Å². The lowest BCUT2D eigenvalue weighted by Crippen LogP contribution is -1.87. The van der Waals surface area contributed by atoms with Crippen molar-refractivity contribution in [2.24, 2.45) is 0 Å². The van der Waals surface area contributed by atoms with Crippen LogP contribution in [0.5, 0.6) is 11.6 Å². The van der Waals surface area contributed by atoms with E-state index < -0.39 is 5.82 Å². The van der Waals surface area contributed by atoms with Crippen molar-refractivity contribution in [2.45, 2.75) is 0 Å². The third kappa shape index (κ3) is 2.11. The zero-order chi connectivity index (χ0) is 11.5. The van der Waals surface area contributed by atoms with E-state index in [-0.39, 0.29) is 5.75 Å². The Morgan fingerprint density at radius 3 is 2.56 bits per heavy atom. The predicted octanol–water partition coefficient (Wildman–Crippen LogP) is 2.60. The monoisotopic (exact) mass is 219 g/mol. The van der Waals surface area contributed by atoms with Crippen molar-refractivity contribution in [3.63, 3.8) is 0 Å². The van der Waals surface area contributed by atoms with Crippen LogP contribution in [0.2, 0.25) is 0 Å². The molecule has 0 saturated carbocycles. The van der Waals surface area contributed by atoms with Crippen molar-refractivity contribution in [3.05, 3.63) is 42.3 Å². The first-order valence-electron chi connectivity index (χ1n) is 4.69. The van der Waals surface area contributed by atoms with Gasteiger partial charge in [-0.2, -0.15) is 0 Å². The summed E-state index contributed by atoms with van der Waals surface area (Å²) in [6.45, 7) is 0. The van der Waals surface area contributed by atoms with Gasteiger partial charge in [0, 0.05) is 23.9 Å². The molecule has 3 nitrogen and oxygen atoms in total. The summed E-state index contributed by atoms with van der Waals surface area (Å²) in [6.07, 6.45) is 1.56. The van der Waals surface area contributed by atoms with E-state index >= 15 is 0 Å². The number of halogens is 1. The highest BCUT2D eigenvalue weighted by Crippen LogP contribution is 2.25. The van der Waals surface area contributed by atoms with Gasteiger partial charge in [-0.05, 0) is 23.8 Å². The Hall–Kier alpha value is -2.10. The van der Waals surface area contributed by atoms with Crippen LogP contribution < -0.4 is 4.74 Å². The molecule has 1 aromatic carbocycles. The number of rotatable bonds is 2. The second-order valence-electron chi connectivity index (χ2n) is 3.29. The molecule has 1 heterocycles. The number of hydrogen-bond acceptors (Lipinski definition) is 3. The summed E-state index contributed by atoms with van der Waals surface area (Å²) < 4.78 is 18.0. The highest BCUT2D eigenvalue weighted by Gasteiger charge is 2.03. The van der Waals surface area contributed by atoms with Crippen molar-refractivity contribution < 1.29 is 14.2 Å². The van der Waals surface area contributed by atoms with E-state index in [1.54, 1.807) is 18.3 Å². The lowest BCUT2D eigenvalue weighted by molar-refractivity contribution is 0.398. The molecule has 0 bridgehead atoms. The molecule has 2 aromatic rings. The van der Waals surface area contributed by atoms with Gasteiger partial charge in [0.25, 0.3) is 0 Å². The fourth-order valence-corrected chi connectivity index (χ4v) is 1.41. The summed E-state index contributed by atoms with van der Waals surface area (Å²) in [6, 6.07) is 7.30. The number of pyridine rings is 1. The van der Waals surface area contributed by atoms with Gasteiger partial charge in [0.05, 0.1) is 7.11 Å². The highest BCUT2D eigenvalue weighted by atomic mass is 19.1. The molecule has 0 spiro atoms. The molecule has 0 fully saturated rings. The summed E-state index contributed by atoms with van der Waals surface area (Å²) in [5, 5.41) is 9.27. The van der Waals surface area contributed by atoms with Crippen LogP contribution in [0.25, 0.3) is 11.1 Å². The maximum absolute atomic E-state index is 13.1. The molecule has 0 aliphatic carbocycles. The average molecular weight is 219 g/mol. The lowest BCUT2D eigenvalue weighted by atomic mass is 10.1. The molecule has 4 heteroatoms. The number of nitrogens with zero attached hydrogens (tertiary/aromatic N) is 1. The smallest absolute Gasteiger partial charge is 0.212 e. The third-order valence-corrected chi connectivity index (χ3v) is 2.16. The fourth-order valence-electron chi connectivity index (χ4n) is 1.41. The van der Waals surface area contributed by atoms with Gasteiger partial charge in [0.1, 0.15) is 11.6 Å². The molecule has 0 amide bonds. The van der Waals surface area contributed by atoms with E-state index in [1.165, 1.54) is 19.2 Å². The van der Waals surface area contributed by atoms with Gasteiger partial charge in [-0.25, -0.2) is 9.37 Å². The Labute approximate surface area is 92.1 Å². The van der Waals surface area contributed by atoms with Gasteiger partial charge in [0.15, 0.2) is 0 Å². The van der Waals surface area contributed by atoms with Crippen LogP contribution in [0.3, 0.4) is 0 Å². The van der Waals surface area contributed by atoms with Gasteiger partial charge in [-0.1, -0.05) is 0 Å². The Balaban J connectivity index is 2.42. The minimum absolute atomic E-state index is 0.106. The number of benzene rings is 1. The SMILES string of the molecule is COc1ccc(-c2cc(O)cc(F)c2)cn1. The first-order valence-corrected chi connectivity index (χ1v) is 4.69. The molecule has 1 aromatic heterocycles. The zero-order valence-electron chi connectivity index (χ0n) is 8.64. The van der Waals surface area contributed by atoms with Crippen molar-refractivity contribution >= 4 is 0 Å². The number of hydrogen-bond donors (Lipinski definition) is 1. The summed E-state index contributed by atoms with van der Waals surface area (Å²) >= 11 is 0. The quantitative estimate of drug-likeness (QED) is 0.844. The fraction of sp³-hybridized carbons (Fsp3) is 0.0833. The van der Waals surface area contributed by atoms with E-state index in [2.05, 4.69) is 4.98 Å². The first kappa shape index (κ1) is 10.4. The summed E-state index contributed by atoms with van der Waals surface area (Å²) in [5.74, 6) is -0.0963. The topological polar surface area (TPSA) is 42.4 Å². The maximum Gasteiger partial charge on any atom is 0.212 e. The molecule has 82 valence electrons. The zero-order valence-corrected chi connectivity index (χ0v) is 8.64. The molecule has 0 aliphatic heterocycles. The van der Waals surface area contributed by atoms with Gasteiger partial charge in [0.2, 0.25) is 5.88 Å². The van der Waals surface area contributed by atoms with E-state index in [9.17, 15) is 9.50 Å². The van der Waals surface area contributed by atoms with Crippen LogP contribution in [0, 0.1) is 5.82 Å². The molecule has 0 unspecified atom stereocenters. The number of phenols is 1. The van der Waals surface area contributed by atoms with Crippen LogP contribution in [-0.4, -0.2) is 17.2 Å². The summed E-state index contributed by atoms with van der Waals surface area (Å²) in [5.41, 5.74) is 1.29. The molecular weight excluding hydrogens is 209 g/mol. The Bertz CT molecular complexity index is 477. The number of methoxy groups -OCH3 is 1. The Morgan fingerprint density at radius 2 is 2.00 bits per heavy atom. The Kier molecular flexibility index (Phi) is 2.72. The normalized spacial score (nSPS) is 10.1. The van der Waals surface area contributed by atoms with Crippen molar-refractivity contribution in [2.75, 3.05) is 7.11 Å². The average Bonchev–Trinajstić information content (AvgIpc) is 2.28. The van der Waals surface area contributed by atoms with Crippen LogP contribution in [-0.2, 0) is 0 Å². The van der Waals surface area contributed by atoms with Crippen molar-refractivity contribution in [1.82, 2.24) is 4.98 Å². The van der Waals surface area contributed by atoms with Gasteiger partial charge >= 0.3 is 0 Å². The highest BCUT2D eigenvalue weighted by molar-refractivity contribution is 5.64. The second kappa shape index (κ2) is 4.18. The van der Waals surface area contributed by atoms with Crippen LogP contribution >= 0.6 is 0 Å². The van der Waals surface area contributed by atoms with E-state index in [0.29, 0.717) is 11.4 Å². The lowest BCUT2D eigenvalue weighted by Gasteiger charge is -2.03. The second-order valence-corrected chi connectivity index (χ2v) is 3.29. The molecular formula is C12H10FNO2. The van der Waals surface area contributed by atoms with Gasteiger partial charge in [-0.15, -0.1) is 0 Å². The minimum atomic E-state index is -0.481. The van der Waals surface area contributed by atoms with Gasteiger partial charge < -0.3 is 9.84 Å². The molecule has 2 rings (SSSR count). The standard InChI is InChI=1S/C12H10FNO2/c1-16-12-3-2-8(7-14-12)9-4-10(13)6-11(15)5-9/h2-7,15H,1H3. The summed E-state index contributed by atoms with van der Waals surface area (Å²) in [4.78, 5) is 4.01. The van der Waals surface area contributed by atoms with Crippen LogP contribution in [0.1, 0.15) is 0 Å². The summed E-state index contributed by atoms with van der Waals surface area (Å²) in [7, 11) is 1.52. The number of phenolic OH excluding ortho intramolecular Hbond substituents is 1. The van der Waals surface area contributed by atoms with E-state index in [1.807, 2.05) is 0 Å². The molecule has 0 saturated heterocycles. The molecule has 1 N–H and O–H groups in total.